The number of benzene rings is 1. The number of rotatable bonds is 7. The molecule has 156 valence electrons. The van der Waals surface area contributed by atoms with Crippen LogP contribution in [0.2, 0.25) is 10.2 Å². The van der Waals surface area contributed by atoms with Crippen molar-refractivity contribution in [1.82, 2.24) is 15.6 Å². The third-order valence-corrected chi connectivity index (χ3v) is 5.83. The van der Waals surface area contributed by atoms with Gasteiger partial charge < -0.3 is 15.4 Å². The number of hydrogen-bond acceptors (Lipinski definition) is 3. The third kappa shape index (κ3) is 6.08. The fourth-order valence-corrected chi connectivity index (χ4v) is 4.07. The van der Waals surface area contributed by atoms with Crippen LogP contribution in [-0.4, -0.2) is 43.8 Å². The summed E-state index contributed by atoms with van der Waals surface area (Å²) >= 11 is 12.4. The lowest BCUT2D eigenvalue weighted by Gasteiger charge is -2.37. The number of ether oxygens (including phenoxy) is 1. The number of nitrogens with zero attached hydrogens (tertiary/aromatic N) is 2. The second kappa shape index (κ2) is 10.8. The predicted molar refractivity (Wildman–Crippen MR) is 120 cm³/mol. The highest BCUT2D eigenvalue weighted by Gasteiger charge is 2.36. The Labute approximate surface area is 182 Å². The molecule has 7 heteroatoms. The van der Waals surface area contributed by atoms with E-state index < -0.39 is 0 Å². The fourth-order valence-electron chi connectivity index (χ4n) is 3.62. The number of halogens is 2. The lowest BCUT2D eigenvalue weighted by atomic mass is 9.74. The van der Waals surface area contributed by atoms with Gasteiger partial charge in [0, 0.05) is 42.9 Å². The predicted octanol–water partition coefficient (Wildman–Crippen LogP) is 4.23. The van der Waals surface area contributed by atoms with Crippen LogP contribution < -0.4 is 10.6 Å². The van der Waals surface area contributed by atoms with Gasteiger partial charge in [-0.25, -0.2) is 4.98 Å². The minimum Gasteiger partial charge on any atom is -0.381 e. The fraction of sp³-hybridized carbons (Fsp3) is 0.455. The molecule has 3 rings (SSSR count). The molecule has 0 radical (unpaired) electrons. The molecule has 1 saturated heterocycles. The van der Waals surface area contributed by atoms with Crippen molar-refractivity contribution in [2.24, 2.45) is 4.99 Å². The molecule has 1 aromatic heterocycles. The maximum atomic E-state index is 6.55. The molecule has 1 aliphatic heterocycles. The van der Waals surface area contributed by atoms with E-state index in [1.807, 2.05) is 36.5 Å². The van der Waals surface area contributed by atoms with E-state index in [2.05, 4.69) is 28.6 Å². The van der Waals surface area contributed by atoms with Crippen LogP contribution in [0, 0.1) is 0 Å². The molecule has 0 aliphatic carbocycles. The third-order valence-electron chi connectivity index (χ3n) is 5.27. The summed E-state index contributed by atoms with van der Waals surface area (Å²) in [6.45, 7) is 5.76. The van der Waals surface area contributed by atoms with Crippen LogP contribution in [0.15, 0.2) is 47.6 Å². The van der Waals surface area contributed by atoms with Crippen molar-refractivity contribution in [3.63, 3.8) is 0 Å². The Morgan fingerprint density at radius 3 is 2.62 bits per heavy atom. The smallest absolute Gasteiger partial charge is 0.191 e. The summed E-state index contributed by atoms with van der Waals surface area (Å²) < 4.78 is 5.62. The normalized spacial score (nSPS) is 16.4. The van der Waals surface area contributed by atoms with E-state index in [1.54, 1.807) is 0 Å². The molecule has 5 nitrogen and oxygen atoms in total. The molecular weight excluding hydrogens is 407 g/mol. The van der Waals surface area contributed by atoms with Crippen LogP contribution in [0.5, 0.6) is 0 Å². The Morgan fingerprint density at radius 2 is 1.93 bits per heavy atom. The first-order chi connectivity index (χ1) is 14.1. The Hall–Kier alpha value is -1.82. The molecule has 1 aromatic carbocycles. The van der Waals surface area contributed by atoms with Gasteiger partial charge in [0.05, 0.1) is 6.54 Å². The van der Waals surface area contributed by atoms with Crippen molar-refractivity contribution in [2.45, 2.75) is 31.6 Å². The summed E-state index contributed by atoms with van der Waals surface area (Å²) in [6, 6.07) is 11.9. The van der Waals surface area contributed by atoms with Gasteiger partial charge >= 0.3 is 0 Å². The lowest BCUT2D eigenvalue weighted by molar-refractivity contribution is 0.0531. The monoisotopic (exact) mass is 434 g/mol. The highest BCUT2D eigenvalue weighted by atomic mass is 35.5. The lowest BCUT2D eigenvalue weighted by Crippen LogP contribution is -2.42. The van der Waals surface area contributed by atoms with Gasteiger partial charge in [-0.2, -0.15) is 0 Å². The van der Waals surface area contributed by atoms with Crippen LogP contribution in [0.3, 0.4) is 0 Å². The van der Waals surface area contributed by atoms with Gasteiger partial charge in [0.15, 0.2) is 5.96 Å². The largest absolute Gasteiger partial charge is 0.381 e. The minimum absolute atomic E-state index is 0.0982. The van der Waals surface area contributed by atoms with Gasteiger partial charge in [-0.15, -0.1) is 0 Å². The Kier molecular flexibility index (Phi) is 8.16. The van der Waals surface area contributed by atoms with Gasteiger partial charge in [0.2, 0.25) is 0 Å². The first-order valence-electron chi connectivity index (χ1n) is 10.1. The number of hydrogen-bond donors (Lipinski definition) is 2. The topological polar surface area (TPSA) is 58.5 Å². The zero-order chi connectivity index (χ0) is 20.5. The number of aliphatic imine (C=N–C) groups is 1. The summed E-state index contributed by atoms with van der Waals surface area (Å²) in [5.74, 6) is 0.812. The van der Waals surface area contributed by atoms with Gasteiger partial charge in [0.25, 0.3) is 0 Å². The summed E-state index contributed by atoms with van der Waals surface area (Å²) in [7, 11) is 0. The molecule has 0 spiro atoms. The summed E-state index contributed by atoms with van der Waals surface area (Å²) in [5, 5.41) is 8.07. The Morgan fingerprint density at radius 1 is 1.14 bits per heavy atom. The average molecular weight is 435 g/mol. The highest BCUT2D eigenvalue weighted by Crippen LogP contribution is 2.38. The Bertz CT molecular complexity index is 805. The summed E-state index contributed by atoms with van der Waals surface area (Å²) in [4.78, 5) is 9.04. The zero-order valence-corrected chi connectivity index (χ0v) is 18.3. The van der Waals surface area contributed by atoms with Crippen molar-refractivity contribution in [1.29, 1.82) is 0 Å². The second-order valence-corrected chi connectivity index (χ2v) is 8.03. The molecule has 1 fully saturated rings. The van der Waals surface area contributed by atoms with Crippen molar-refractivity contribution in [3.8, 4) is 0 Å². The second-order valence-electron chi connectivity index (χ2n) is 7.23. The molecule has 2 aromatic rings. The average Bonchev–Trinajstić information content (AvgIpc) is 2.74. The SMILES string of the molecule is CCNC(=NCC1(c2ccccc2Cl)CCOCC1)NCCc1ccc(Cl)nc1. The standard InChI is InChI=1S/C22H28Cl2N4O/c1-2-25-21(26-12-9-17-7-8-20(24)27-15-17)28-16-22(10-13-29-14-11-22)18-5-3-4-6-19(18)23/h3-8,15H,2,9-14,16H2,1H3,(H2,25,26,28). The molecule has 2 N–H and O–H groups in total. The molecular formula is C22H28Cl2N4O. The van der Waals surface area contributed by atoms with Crippen LogP contribution in [-0.2, 0) is 16.6 Å². The molecule has 1 aliphatic rings. The molecule has 2 heterocycles. The summed E-state index contributed by atoms with van der Waals surface area (Å²) in [5.41, 5.74) is 2.20. The van der Waals surface area contributed by atoms with Gasteiger partial charge in [0.1, 0.15) is 5.15 Å². The summed E-state index contributed by atoms with van der Waals surface area (Å²) in [6.07, 6.45) is 4.48. The maximum Gasteiger partial charge on any atom is 0.191 e. The van der Waals surface area contributed by atoms with Gasteiger partial charge in [-0.05, 0) is 49.4 Å². The zero-order valence-electron chi connectivity index (χ0n) is 16.8. The minimum atomic E-state index is -0.0982. The van der Waals surface area contributed by atoms with Crippen LogP contribution in [0.1, 0.15) is 30.9 Å². The molecule has 0 atom stereocenters. The first-order valence-corrected chi connectivity index (χ1v) is 10.8. The maximum absolute atomic E-state index is 6.55. The molecule has 0 bridgehead atoms. The number of nitrogens with one attached hydrogen (secondary N) is 2. The van der Waals surface area contributed by atoms with E-state index in [0.717, 1.165) is 67.7 Å². The highest BCUT2D eigenvalue weighted by molar-refractivity contribution is 6.31. The van der Waals surface area contributed by atoms with Crippen molar-refractivity contribution in [2.75, 3.05) is 32.8 Å². The van der Waals surface area contributed by atoms with Crippen molar-refractivity contribution in [3.05, 3.63) is 63.9 Å². The van der Waals surface area contributed by atoms with E-state index in [-0.39, 0.29) is 5.41 Å². The molecule has 0 amide bonds. The molecule has 0 unspecified atom stereocenters. The van der Waals surface area contributed by atoms with Crippen LogP contribution >= 0.6 is 23.2 Å². The van der Waals surface area contributed by atoms with E-state index in [4.69, 9.17) is 32.9 Å². The first kappa shape index (κ1) is 21.9. The van der Waals surface area contributed by atoms with E-state index in [0.29, 0.717) is 11.7 Å². The quantitative estimate of drug-likeness (QED) is 0.388. The molecule has 0 saturated carbocycles. The van der Waals surface area contributed by atoms with Gasteiger partial charge in [-0.1, -0.05) is 47.5 Å². The molecule has 29 heavy (non-hydrogen) atoms. The number of guanidine groups is 1. The number of aromatic nitrogens is 1. The van der Waals surface area contributed by atoms with Crippen molar-refractivity contribution >= 4 is 29.2 Å². The van der Waals surface area contributed by atoms with Crippen molar-refractivity contribution < 1.29 is 4.74 Å². The van der Waals surface area contributed by atoms with E-state index in [1.165, 1.54) is 0 Å². The van der Waals surface area contributed by atoms with E-state index in [9.17, 15) is 0 Å². The number of pyridine rings is 1. The van der Waals surface area contributed by atoms with Crippen LogP contribution in [0.25, 0.3) is 0 Å². The van der Waals surface area contributed by atoms with Crippen LogP contribution in [0.4, 0.5) is 0 Å². The Balaban J connectivity index is 1.69. The van der Waals surface area contributed by atoms with E-state index >= 15 is 0 Å². The van der Waals surface area contributed by atoms with Gasteiger partial charge in [-0.3, -0.25) is 4.99 Å².